The van der Waals surface area contributed by atoms with Crippen molar-refractivity contribution in [3.05, 3.63) is 146 Å². The summed E-state index contributed by atoms with van der Waals surface area (Å²) in [6.45, 7) is 0. The summed E-state index contributed by atoms with van der Waals surface area (Å²) in [7, 11) is 0. The average molecular weight is 533 g/mol. The van der Waals surface area contributed by atoms with Crippen molar-refractivity contribution >= 4 is 54.1 Å². The van der Waals surface area contributed by atoms with Crippen molar-refractivity contribution in [3.8, 4) is 33.6 Å². The van der Waals surface area contributed by atoms with Crippen LogP contribution in [0.1, 0.15) is 0 Å². The molecule has 0 saturated carbocycles. The summed E-state index contributed by atoms with van der Waals surface area (Å²) in [5.74, 6) is 0. The van der Waals surface area contributed by atoms with Crippen LogP contribution in [0.4, 0.5) is 0 Å². The lowest BCUT2D eigenvalue weighted by atomic mass is 9.89. The van der Waals surface area contributed by atoms with E-state index in [1.807, 2.05) is 6.07 Å². The van der Waals surface area contributed by atoms with Gasteiger partial charge in [-0.2, -0.15) is 0 Å². The van der Waals surface area contributed by atoms with E-state index in [2.05, 4.69) is 140 Å². The van der Waals surface area contributed by atoms with E-state index in [-0.39, 0.29) is 0 Å². The van der Waals surface area contributed by atoms with Gasteiger partial charge in [-0.1, -0.05) is 127 Å². The smallest absolute Gasteiger partial charge is 0.0972 e. The third-order valence-corrected chi connectivity index (χ3v) is 8.59. The summed E-state index contributed by atoms with van der Waals surface area (Å²) >= 11 is 0. The molecule has 0 N–H and O–H groups in total. The van der Waals surface area contributed by atoms with E-state index in [1.165, 1.54) is 43.4 Å². The van der Waals surface area contributed by atoms with Crippen LogP contribution in [0.15, 0.2) is 146 Å². The molecule has 194 valence electrons. The molecule has 9 aromatic rings. The van der Waals surface area contributed by atoms with Gasteiger partial charge in [0.25, 0.3) is 0 Å². The predicted octanol–water partition coefficient (Wildman–Crippen LogP) is 10.7. The van der Waals surface area contributed by atoms with Crippen molar-refractivity contribution in [2.24, 2.45) is 0 Å². The quantitative estimate of drug-likeness (QED) is 0.212. The van der Waals surface area contributed by atoms with Crippen LogP contribution in [0.5, 0.6) is 0 Å². The lowest BCUT2D eigenvalue weighted by Gasteiger charge is -2.15. The second-order valence-corrected chi connectivity index (χ2v) is 11.0. The predicted molar refractivity (Wildman–Crippen MR) is 177 cm³/mol. The fourth-order valence-electron chi connectivity index (χ4n) is 6.53. The van der Waals surface area contributed by atoms with Crippen LogP contribution in [0.25, 0.3) is 87.8 Å². The van der Waals surface area contributed by atoms with E-state index in [4.69, 9.17) is 9.97 Å². The molecule has 2 nitrogen and oxygen atoms in total. The van der Waals surface area contributed by atoms with Crippen molar-refractivity contribution in [2.75, 3.05) is 0 Å². The van der Waals surface area contributed by atoms with Crippen molar-refractivity contribution < 1.29 is 0 Å². The minimum atomic E-state index is 0.927. The van der Waals surface area contributed by atoms with E-state index in [0.717, 1.165) is 44.3 Å². The minimum absolute atomic E-state index is 0.927. The molecular weight excluding hydrogens is 508 g/mol. The maximum Gasteiger partial charge on any atom is 0.0972 e. The molecule has 0 spiro atoms. The van der Waals surface area contributed by atoms with Crippen LogP contribution in [-0.2, 0) is 0 Å². The number of nitrogens with zero attached hydrogens (tertiary/aromatic N) is 2. The Morgan fingerprint density at radius 1 is 0.333 bits per heavy atom. The highest BCUT2D eigenvalue weighted by molar-refractivity contribution is 6.25. The van der Waals surface area contributed by atoms with Crippen LogP contribution >= 0.6 is 0 Å². The van der Waals surface area contributed by atoms with Crippen LogP contribution in [0, 0.1) is 0 Å². The van der Waals surface area contributed by atoms with Crippen molar-refractivity contribution in [3.63, 3.8) is 0 Å². The fraction of sp³-hybridized carbons (Fsp3) is 0. The Morgan fingerprint density at radius 2 is 0.857 bits per heavy atom. The summed E-state index contributed by atoms with van der Waals surface area (Å²) in [6.07, 6.45) is 0. The number of benzene rings is 7. The van der Waals surface area contributed by atoms with Crippen molar-refractivity contribution in [1.82, 2.24) is 9.97 Å². The Kier molecular flexibility index (Phi) is 4.93. The van der Waals surface area contributed by atoms with Gasteiger partial charge in [0.1, 0.15) is 0 Å². The van der Waals surface area contributed by atoms with Gasteiger partial charge in [-0.25, -0.2) is 9.97 Å². The van der Waals surface area contributed by atoms with E-state index in [0.29, 0.717) is 0 Å². The van der Waals surface area contributed by atoms with Gasteiger partial charge in [0, 0.05) is 21.9 Å². The second-order valence-electron chi connectivity index (χ2n) is 11.0. The van der Waals surface area contributed by atoms with E-state index in [9.17, 15) is 0 Å². The van der Waals surface area contributed by atoms with Gasteiger partial charge in [-0.05, 0) is 61.6 Å². The minimum Gasteiger partial charge on any atom is -0.245 e. The lowest BCUT2D eigenvalue weighted by molar-refractivity contribution is 1.36. The molecular formula is C40H24N2. The number of rotatable bonds is 3. The van der Waals surface area contributed by atoms with E-state index >= 15 is 0 Å². The molecule has 0 unspecified atom stereocenters. The summed E-state index contributed by atoms with van der Waals surface area (Å²) in [5.41, 5.74) is 8.39. The highest BCUT2D eigenvalue weighted by Crippen LogP contribution is 2.40. The van der Waals surface area contributed by atoms with Gasteiger partial charge in [0.15, 0.2) is 0 Å². The van der Waals surface area contributed by atoms with Crippen LogP contribution in [-0.4, -0.2) is 9.97 Å². The number of hydrogen-bond donors (Lipinski definition) is 0. The molecule has 0 radical (unpaired) electrons. The molecule has 2 heterocycles. The zero-order valence-corrected chi connectivity index (χ0v) is 22.8. The molecule has 7 aromatic carbocycles. The molecule has 42 heavy (non-hydrogen) atoms. The van der Waals surface area contributed by atoms with E-state index in [1.54, 1.807) is 0 Å². The largest absolute Gasteiger partial charge is 0.245 e. The molecule has 0 fully saturated rings. The molecule has 2 heteroatoms. The first-order valence-electron chi connectivity index (χ1n) is 14.3. The summed E-state index contributed by atoms with van der Waals surface area (Å²) in [5, 5.41) is 9.99. The highest BCUT2D eigenvalue weighted by atomic mass is 14.8. The molecule has 0 atom stereocenters. The first kappa shape index (κ1) is 23.1. The lowest BCUT2D eigenvalue weighted by Crippen LogP contribution is -1.91. The molecule has 0 aliphatic heterocycles. The molecule has 9 rings (SSSR count). The zero-order valence-electron chi connectivity index (χ0n) is 22.8. The van der Waals surface area contributed by atoms with Crippen LogP contribution < -0.4 is 0 Å². The topological polar surface area (TPSA) is 25.8 Å². The second kappa shape index (κ2) is 8.95. The third-order valence-electron chi connectivity index (χ3n) is 8.59. The summed E-state index contributed by atoms with van der Waals surface area (Å²) in [4.78, 5) is 10.3. The third kappa shape index (κ3) is 3.52. The number of pyridine rings is 2. The summed E-state index contributed by atoms with van der Waals surface area (Å²) < 4.78 is 0. The molecule has 2 aromatic heterocycles. The Morgan fingerprint density at radius 3 is 1.60 bits per heavy atom. The Balaban J connectivity index is 1.21. The number of fused-ring (bicyclic) bond motifs is 3. The van der Waals surface area contributed by atoms with Gasteiger partial charge in [-0.15, -0.1) is 0 Å². The van der Waals surface area contributed by atoms with Gasteiger partial charge in [-0.3, -0.25) is 0 Å². The Hall–Kier alpha value is -5.60. The molecule has 0 amide bonds. The van der Waals surface area contributed by atoms with Gasteiger partial charge < -0.3 is 0 Å². The zero-order chi connectivity index (χ0) is 27.6. The first-order valence-corrected chi connectivity index (χ1v) is 14.3. The first-order chi connectivity index (χ1) is 20.8. The average Bonchev–Trinajstić information content (AvgIpc) is 3.07. The Labute approximate surface area is 242 Å². The fourth-order valence-corrected chi connectivity index (χ4v) is 6.53. The molecule has 0 bridgehead atoms. The monoisotopic (exact) mass is 532 g/mol. The Bertz CT molecular complexity index is 2440. The van der Waals surface area contributed by atoms with Crippen LogP contribution in [0.3, 0.4) is 0 Å². The molecule has 0 aliphatic rings. The SMILES string of the molecule is c1ccc(-c2ccc3ccc4ccc(-c5cccc(-c6ccc7ccc8cccc9ccc6c7c89)c5)nc4c3n2)cc1. The van der Waals surface area contributed by atoms with Gasteiger partial charge in [0.2, 0.25) is 0 Å². The van der Waals surface area contributed by atoms with Gasteiger partial charge >= 0.3 is 0 Å². The summed E-state index contributed by atoms with van der Waals surface area (Å²) in [6, 6.07) is 52.0. The van der Waals surface area contributed by atoms with Crippen LogP contribution in [0.2, 0.25) is 0 Å². The highest BCUT2D eigenvalue weighted by Gasteiger charge is 2.13. The molecule has 0 aliphatic carbocycles. The maximum atomic E-state index is 5.21. The number of aromatic nitrogens is 2. The van der Waals surface area contributed by atoms with E-state index < -0.39 is 0 Å². The normalized spacial score (nSPS) is 11.8. The van der Waals surface area contributed by atoms with Crippen molar-refractivity contribution in [2.45, 2.75) is 0 Å². The number of hydrogen-bond acceptors (Lipinski definition) is 2. The standard InChI is InChI=1S/C40H24N2/c1-2-6-25(7-3-1)35-22-18-29-14-15-30-19-23-36(42-40(30)39(29)41-35)32-11-5-10-31(24-32)33-20-16-28-13-12-26-8-4-9-27-17-21-34(33)38(28)37(26)27/h1-24H. The van der Waals surface area contributed by atoms with Gasteiger partial charge in [0.05, 0.1) is 22.4 Å². The molecule has 0 saturated heterocycles. The maximum absolute atomic E-state index is 5.21. The van der Waals surface area contributed by atoms with Crippen molar-refractivity contribution in [1.29, 1.82) is 0 Å².